The van der Waals surface area contributed by atoms with E-state index in [1.807, 2.05) is 55.1 Å². The lowest BCUT2D eigenvalue weighted by atomic mass is 9.90. The molecular weight excluding hydrogens is 312 g/mol. The zero-order valence-corrected chi connectivity index (χ0v) is 14.0. The van der Waals surface area contributed by atoms with Gasteiger partial charge in [-0.1, -0.05) is 30.3 Å². The molecule has 0 spiro atoms. The van der Waals surface area contributed by atoms with E-state index in [4.69, 9.17) is 4.74 Å². The minimum atomic E-state index is -0.0978. The number of Topliss-reactive ketones (excluding diaryl/α,β-unsaturated/α-hetero) is 1. The third-order valence-electron chi connectivity index (χ3n) is 4.66. The number of aromatic nitrogens is 2. The molecule has 0 amide bonds. The Balaban J connectivity index is 1.61. The molecule has 1 atom stereocenters. The van der Waals surface area contributed by atoms with Crippen molar-refractivity contribution in [2.45, 2.75) is 31.9 Å². The van der Waals surface area contributed by atoms with Crippen LogP contribution in [0.3, 0.4) is 0 Å². The maximum Gasteiger partial charge on any atom is 0.241 e. The molecule has 0 saturated carbocycles. The number of ether oxygens (including phenoxy) is 1. The molecule has 1 N–H and O–H groups in total. The largest absolute Gasteiger partial charge is 0.482 e. The number of benzene rings is 2. The van der Waals surface area contributed by atoms with E-state index < -0.39 is 0 Å². The van der Waals surface area contributed by atoms with Gasteiger partial charge in [-0.15, -0.1) is 0 Å². The number of carbonyl (C=O) groups excluding carboxylic acids is 1. The third-order valence-corrected chi connectivity index (χ3v) is 4.66. The minimum absolute atomic E-state index is 0.0978. The van der Waals surface area contributed by atoms with Gasteiger partial charge in [0, 0.05) is 12.0 Å². The van der Waals surface area contributed by atoms with Crippen LogP contribution in [-0.2, 0) is 13.0 Å². The average molecular weight is 333 g/mol. The maximum atomic E-state index is 12.0. The Hall–Kier alpha value is -2.88. The van der Waals surface area contributed by atoms with E-state index in [1.54, 1.807) is 0 Å². The van der Waals surface area contributed by atoms with Crippen LogP contribution in [0.5, 0.6) is 5.75 Å². The number of hydrogen-bond acceptors (Lipinski definition) is 2. The van der Waals surface area contributed by atoms with Crippen molar-refractivity contribution < 1.29 is 14.1 Å². The fraction of sp³-hybridized carbons (Fsp3) is 0.238. The summed E-state index contributed by atoms with van der Waals surface area (Å²) in [6.45, 7) is 0.712. The fourth-order valence-electron chi connectivity index (χ4n) is 3.36. The number of rotatable bonds is 5. The van der Waals surface area contributed by atoms with Gasteiger partial charge in [0.15, 0.2) is 11.9 Å². The van der Waals surface area contributed by atoms with Crippen molar-refractivity contribution >= 4 is 5.78 Å². The first-order chi connectivity index (χ1) is 12.3. The van der Waals surface area contributed by atoms with Crippen molar-refractivity contribution in [2.24, 2.45) is 0 Å². The topological polar surface area (TPSA) is 46.0 Å². The van der Waals surface area contributed by atoms with E-state index in [-0.39, 0.29) is 11.9 Å². The summed E-state index contributed by atoms with van der Waals surface area (Å²) in [7, 11) is 0. The van der Waals surface area contributed by atoms with Crippen LogP contribution in [0.2, 0.25) is 0 Å². The second-order valence-corrected chi connectivity index (χ2v) is 6.42. The van der Waals surface area contributed by atoms with E-state index in [0.29, 0.717) is 13.0 Å². The predicted molar refractivity (Wildman–Crippen MR) is 94.5 cm³/mol. The normalized spacial score (nSPS) is 14.8. The molecule has 1 aliphatic carbocycles. The number of nitrogens with one attached hydrogen (secondary N) is 1. The van der Waals surface area contributed by atoms with E-state index >= 15 is 0 Å². The van der Waals surface area contributed by atoms with Gasteiger partial charge in [-0.05, 0) is 42.2 Å². The summed E-state index contributed by atoms with van der Waals surface area (Å²) in [6, 6.07) is 16.1. The highest BCUT2D eigenvalue weighted by molar-refractivity contribution is 5.98. The summed E-state index contributed by atoms with van der Waals surface area (Å²) in [5.74, 6) is 1.06. The molecule has 1 unspecified atom stereocenters. The first-order valence-electron chi connectivity index (χ1n) is 8.69. The number of hydrogen-bond donors (Lipinski definition) is 1. The molecule has 126 valence electrons. The SMILES string of the molecule is O=C1CCCc2cc(OC(C[n+]3cc[nH]c3)c3ccccc3)ccc21. The molecular formula is C21H21N2O2+. The number of aromatic amines is 1. The van der Waals surface area contributed by atoms with E-state index in [0.717, 1.165) is 35.3 Å². The number of carbonyl (C=O) groups is 1. The van der Waals surface area contributed by atoms with Gasteiger partial charge in [0.2, 0.25) is 6.33 Å². The Morgan fingerprint density at radius 2 is 2.00 bits per heavy atom. The molecule has 25 heavy (non-hydrogen) atoms. The highest BCUT2D eigenvalue weighted by Crippen LogP contribution is 2.28. The number of imidazole rings is 1. The first-order valence-corrected chi connectivity index (χ1v) is 8.69. The Labute approximate surface area is 147 Å². The molecule has 2 aromatic carbocycles. The fourth-order valence-corrected chi connectivity index (χ4v) is 3.36. The molecule has 3 aromatic rings. The standard InChI is InChI=1S/C21H20N2O2/c24-20-8-4-7-17-13-18(9-10-19(17)20)25-21(14-23-12-11-22-15-23)16-5-2-1-3-6-16/h1-3,5-6,9-13,15,21H,4,7-8,14H2/p+1. The van der Waals surface area contributed by atoms with Gasteiger partial charge in [-0.25, -0.2) is 4.57 Å². The van der Waals surface area contributed by atoms with Crippen LogP contribution in [-0.4, -0.2) is 10.8 Å². The van der Waals surface area contributed by atoms with Gasteiger partial charge in [0.05, 0.1) is 0 Å². The van der Waals surface area contributed by atoms with E-state index in [9.17, 15) is 4.79 Å². The molecule has 0 aliphatic heterocycles. The Kier molecular flexibility index (Phi) is 4.34. The minimum Gasteiger partial charge on any atom is -0.482 e. The second-order valence-electron chi connectivity index (χ2n) is 6.42. The number of aryl methyl sites for hydroxylation is 1. The summed E-state index contributed by atoms with van der Waals surface area (Å²) in [5, 5.41) is 0. The van der Waals surface area contributed by atoms with Gasteiger partial charge >= 0.3 is 0 Å². The number of ketones is 1. The van der Waals surface area contributed by atoms with Gasteiger partial charge < -0.3 is 4.74 Å². The van der Waals surface area contributed by atoms with Crippen LogP contribution < -0.4 is 9.30 Å². The maximum absolute atomic E-state index is 12.0. The molecule has 0 bridgehead atoms. The van der Waals surface area contributed by atoms with Crippen molar-refractivity contribution in [3.05, 3.63) is 83.9 Å². The van der Waals surface area contributed by atoms with Crippen LogP contribution >= 0.6 is 0 Å². The molecule has 4 rings (SSSR count). The highest BCUT2D eigenvalue weighted by atomic mass is 16.5. The lowest BCUT2D eigenvalue weighted by Gasteiger charge is -2.20. The smallest absolute Gasteiger partial charge is 0.241 e. The Bertz CT molecular complexity index is 857. The molecule has 0 fully saturated rings. The monoisotopic (exact) mass is 333 g/mol. The van der Waals surface area contributed by atoms with Crippen molar-refractivity contribution in [2.75, 3.05) is 0 Å². The Morgan fingerprint density at radius 1 is 1.12 bits per heavy atom. The summed E-state index contributed by atoms with van der Waals surface area (Å²) in [5.41, 5.74) is 3.09. The lowest BCUT2D eigenvalue weighted by Crippen LogP contribution is -2.36. The summed E-state index contributed by atoms with van der Waals surface area (Å²) >= 11 is 0. The summed E-state index contributed by atoms with van der Waals surface area (Å²) in [4.78, 5) is 15.1. The molecule has 4 heteroatoms. The summed E-state index contributed by atoms with van der Waals surface area (Å²) < 4.78 is 8.40. The van der Waals surface area contributed by atoms with Crippen LogP contribution in [0, 0.1) is 0 Å². The lowest BCUT2D eigenvalue weighted by molar-refractivity contribution is -0.702. The number of nitrogens with zero attached hydrogens (tertiary/aromatic N) is 1. The number of fused-ring (bicyclic) bond motifs is 1. The van der Waals surface area contributed by atoms with Crippen LogP contribution in [0.1, 0.15) is 40.4 Å². The Morgan fingerprint density at radius 3 is 2.80 bits per heavy atom. The molecule has 1 aliphatic rings. The summed E-state index contributed by atoms with van der Waals surface area (Å²) in [6.07, 6.45) is 8.24. The third kappa shape index (κ3) is 3.48. The van der Waals surface area contributed by atoms with E-state index in [2.05, 4.69) is 21.7 Å². The zero-order chi connectivity index (χ0) is 17.1. The van der Waals surface area contributed by atoms with Gasteiger partial charge in [0.1, 0.15) is 24.7 Å². The zero-order valence-electron chi connectivity index (χ0n) is 14.0. The van der Waals surface area contributed by atoms with Crippen molar-refractivity contribution in [3.63, 3.8) is 0 Å². The molecule has 1 aromatic heterocycles. The van der Waals surface area contributed by atoms with Gasteiger partial charge in [-0.3, -0.25) is 9.78 Å². The molecule has 0 saturated heterocycles. The van der Waals surface area contributed by atoms with E-state index in [1.165, 1.54) is 0 Å². The molecule has 1 heterocycles. The quantitative estimate of drug-likeness (QED) is 0.725. The van der Waals surface area contributed by atoms with Crippen LogP contribution in [0.4, 0.5) is 0 Å². The van der Waals surface area contributed by atoms with Crippen molar-refractivity contribution in [1.82, 2.24) is 4.98 Å². The van der Waals surface area contributed by atoms with Crippen LogP contribution in [0.15, 0.2) is 67.3 Å². The second kappa shape index (κ2) is 6.93. The first kappa shape index (κ1) is 15.6. The van der Waals surface area contributed by atoms with Gasteiger partial charge in [0.25, 0.3) is 0 Å². The average Bonchev–Trinajstić information content (AvgIpc) is 3.15. The molecule has 4 nitrogen and oxygen atoms in total. The van der Waals surface area contributed by atoms with Gasteiger partial charge in [-0.2, -0.15) is 0 Å². The van der Waals surface area contributed by atoms with Crippen LogP contribution in [0.25, 0.3) is 0 Å². The van der Waals surface area contributed by atoms with Crippen molar-refractivity contribution in [3.8, 4) is 5.75 Å². The molecule has 0 radical (unpaired) electrons. The highest BCUT2D eigenvalue weighted by Gasteiger charge is 2.20. The number of H-pyrrole nitrogens is 1. The predicted octanol–water partition coefficient (Wildman–Crippen LogP) is 3.64. The van der Waals surface area contributed by atoms with Crippen molar-refractivity contribution in [1.29, 1.82) is 0 Å².